The maximum Gasteiger partial charge on any atom is 0.0277 e. The van der Waals surface area contributed by atoms with Crippen LogP contribution >= 0.6 is 0 Å². The van der Waals surface area contributed by atoms with E-state index in [4.69, 9.17) is 0 Å². The zero-order chi connectivity index (χ0) is 6.41. The minimum Gasteiger partial charge on any atom is -0.297 e. The molecule has 0 aliphatic carbocycles. The van der Waals surface area contributed by atoms with Gasteiger partial charge in [-0.1, -0.05) is 18.2 Å². The largest absolute Gasteiger partial charge is 0.297 e. The van der Waals surface area contributed by atoms with Crippen LogP contribution in [0.5, 0.6) is 0 Å². The molecule has 0 rings (SSSR count). The van der Waals surface area contributed by atoms with E-state index in [1.165, 1.54) is 0 Å². The zero-order valence-electron chi connectivity index (χ0n) is 5.39. The van der Waals surface area contributed by atoms with Crippen molar-refractivity contribution >= 4 is 6.21 Å². The van der Waals surface area contributed by atoms with Gasteiger partial charge in [0.2, 0.25) is 0 Å². The molecule has 0 aromatic carbocycles. The molecule has 0 saturated heterocycles. The SMILES string of the molecule is C=C(C)/C=C\C=N/C. The van der Waals surface area contributed by atoms with Gasteiger partial charge in [-0.05, 0) is 13.0 Å². The Balaban J connectivity index is 3.50. The van der Waals surface area contributed by atoms with Crippen LogP contribution in [0.4, 0.5) is 0 Å². The zero-order valence-corrected chi connectivity index (χ0v) is 5.39. The van der Waals surface area contributed by atoms with E-state index in [1.807, 2.05) is 19.1 Å². The molecule has 0 heterocycles. The van der Waals surface area contributed by atoms with E-state index in [2.05, 4.69) is 11.6 Å². The summed E-state index contributed by atoms with van der Waals surface area (Å²) in [6.07, 6.45) is 5.50. The van der Waals surface area contributed by atoms with E-state index in [9.17, 15) is 0 Å². The first-order valence-electron chi connectivity index (χ1n) is 2.51. The second kappa shape index (κ2) is 4.31. The van der Waals surface area contributed by atoms with E-state index in [0.717, 1.165) is 5.57 Å². The molecule has 1 nitrogen and oxygen atoms in total. The number of nitrogens with zero attached hydrogens (tertiary/aromatic N) is 1. The molecule has 0 unspecified atom stereocenters. The summed E-state index contributed by atoms with van der Waals surface area (Å²) in [6, 6.07) is 0. The summed E-state index contributed by atoms with van der Waals surface area (Å²) in [6.45, 7) is 5.62. The molecule has 0 atom stereocenters. The summed E-state index contributed by atoms with van der Waals surface area (Å²) in [4.78, 5) is 3.75. The molecule has 0 aliphatic heterocycles. The molecule has 0 fully saturated rings. The molecule has 0 spiro atoms. The van der Waals surface area contributed by atoms with Crippen molar-refractivity contribution in [1.29, 1.82) is 0 Å². The van der Waals surface area contributed by atoms with Crippen molar-refractivity contribution in [2.24, 2.45) is 4.99 Å². The number of aliphatic imine (C=N–C) groups is 1. The standard InChI is InChI=1S/C7H11N/c1-7(2)5-4-6-8-3/h4-6H,1H2,2-3H3/b5-4-,8-6-. The number of hydrogen-bond acceptors (Lipinski definition) is 1. The molecule has 0 N–H and O–H groups in total. The van der Waals surface area contributed by atoms with Crippen LogP contribution in [0.2, 0.25) is 0 Å². The lowest BCUT2D eigenvalue weighted by Crippen LogP contribution is -1.63. The van der Waals surface area contributed by atoms with Gasteiger partial charge in [0.15, 0.2) is 0 Å². The fraction of sp³-hybridized carbons (Fsp3) is 0.286. The molecule has 0 aliphatic rings. The summed E-state index contributed by atoms with van der Waals surface area (Å²) >= 11 is 0. The lowest BCUT2D eigenvalue weighted by Gasteiger charge is -1.78. The highest BCUT2D eigenvalue weighted by molar-refractivity contribution is 5.71. The average molecular weight is 109 g/mol. The Morgan fingerprint density at radius 1 is 1.62 bits per heavy atom. The molecule has 0 saturated carbocycles. The fourth-order valence-corrected chi connectivity index (χ4v) is 0.293. The van der Waals surface area contributed by atoms with Gasteiger partial charge in [-0.15, -0.1) is 0 Å². The first-order chi connectivity index (χ1) is 3.77. The van der Waals surface area contributed by atoms with Crippen LogP contribution < -0.4 is 0 Å². The van der Waals surface area contributed by atoms with E-state index < -0.39 is 0 Å². The van der Waals surface area contributed by atoms with E-state index in [1.54, 1.807) is 13.3 Å². The molecule has 44 valence electrons. The average Bonchev–Trinajstić information content (AvgIpc) is 1.66. The minimum atomic E-state index is 1.05. The van der Waals surface area contributed by atoms with Crippen molar-refractivity contribution in [3.05, 3.63) is 24.3 Å². The minimum absolute atomic E-state index is 1.05. The van der Waals surface area contributed by atoms with Gasteiger partial charge in [0.05, 0.1) is 0 Å². The Kier molecular flexibility index (Phi) is 3.85. The lowest BCUT2D eigenvalue weighted by atomic mass is 10.3. The van der Waals surface area contributed by atoms with Crippen molar-refractivity contribution in [1.82, 2.24) is 0 Å². The summed E-state index contributed by atoms with van der Waals surface area (Å²) in [5.41, 5.74) is 1.05. The Hall–Kier alpha value is -0.850. The molecule has 1 heteroatoms. The summed E-state index contributed by atoms with van der Waals surface area (Å²) in [5.74, 6) is 0. The van der Waals surface area contributed by atoms with Crippen molar-refractivity contribution < 1.29 is 0 Å². The van der Waals surface area contributed by atoms with Crippen LogP contribution in [0.15, 0.2) is 29.3 Å². The third-order valence-corrected chi connectivity index (χ3v) is 0.616. The highest BCUT2D eigenvalue weighted by Gasteiger charge is 1.67. The highest BCUT2D eigenvalue weighted by Crippen LogP contribution is 1.85. The number of rotatable bonds is 2. The molecule has 0 radical (unpaired) electrons. The Morgan fingerprint density at radius 3 is 2.62 bits per heavy atom. The van der Waals surface area contributed by atoms with Crippen LogP contribution in [0.1, 0.15) is 6.92 Å². The van der Waals surface area contributed by atoms with Crippen LogP contribution in [-0.4, -0.2) is 13.3 Å². The predicted molar refractivity (Wildman–Crippen MR) is 38.4 cm³/mol. The normalized spacial score (nSPS) is 11.2. The third-order valence-electron chi connectivity index (χ3n) is 0.616. The summed E-state index contributed by atoms with van der Waals surface area (Å²) < 4.78 is 0. The van der Waals surface area contributed by atoms with Gasteiger partial charge in [-0.25, -0.2) is 0 Å². The predicted octanol–water partition coefficient (Wildman–Crippen LogP) is 1.82. The topological polar surface area (TPSA) is 12.4 Å². The summed E-state index contributed by atoms with van der Waals surface area (Å²) in [5, 5.41) is 0. The number of hydrogen-bond donors (Lipinski definition) is 0. The van der Waals surface area contributed by atoms with E-state index >= 15 is 0 Å². The molecule has 0 bridgehead atoms. The van der Waals surface area contributed by atoms with Gasteiger partial charge in [0, 0.05) is 13.3 Å². The third kappa shape index (κ3) is 5.15. The highest BCUT2D eigenvalue weighted by atomic mass is 14.6. The van der Waals surface area contributed by atoms with Crippen LogP contribution in [0.3, 0.4) is 0 Å². The Labute approximate surface area is 50.4 Å². The first kappa shape index (κ1) is 7.15. The fourth-order valence-electron chi connectivity index (χ4n) is 0.293. The second-order valence-electron chi connectivity index (χ2n) is 1.61. The van der Waals surface area contributed by atoms with Crippen molar-refractivity contribution in [2.45, 2.75) is 6.92 Å². The van der Waals surface area contributed by atoms with Gasteiger partial charge in [0.25, 0.3) is 0 Å². The van der Waals surface area contributed by atoms with Crippen LogP contribution in [0.25, 0.3) is 0 Å². The monoisotopic (exact) mass is 109 g/mol. The quantitative estimate of drug-likeness (QED) is 0.379. The van der Waals surface area contributed by atoms with Gasteiger partial charge in [-0.3, -0.25) is 4.99 Å². The van der Waals surface area contributed by atoms with Crippen LogP contribution in [0, 0.1) is 0 Å². The van der Waals surface area contributed by atoms with E-state index in [0.29, 0.717) is 0 Å². The van der Waals surface area contributed by atoms with Crippen molar-refractivity contribution in [3.63, 3.8) is 0 Å². The Morgan fingerprint density at radius 2 is 2.25 bits per heavy atom. The van der Waals surface area contributed by atoms with Crippen molar-refractivity contribution in [3.8, 4) is 0 Å². The maximum atomic E-state index is 3.75. The van der Waals surface area contributed by atoms with Crippen molar-refractivity contribution in [2.75, 3.05) is 7.05 Å². The van der Waals surface area contributed by atoms with Gasteiger partial charge < -0.3 is 0 Å². The van der Waals surface area contributed by atoms with Crippen LogP contribution in [-0.2, 0) is 0 Å². The van der Waals surface area contributed by atoms with Gasteiger partial charge in [-0.2, -0.15) is 0 Å². The van der Waals surface area contributed by atoms with E-state index in [-0.39, 0.29) is 0 Å². The second-order valence-corrected chi connectivity index (χ2v) is 1.61. The molecule has 0 amide bonds. The lowest BCUT2D eigenvalue weighted by molar-refractivity contribution is 1.47. The molecule has 8 heavy (non-hydrogen) atoms. The Bertz CT molecular complexity index is 120. The first-order valence-corrected chi connectivity index (χ1v) is 2.51. The molecule has 0 aromatic heterocycles. The molecular weight excluding hydrogens is 98.1 g/mol. The maximum absolute atomic E-state index is 3.75. The smallest absolute Gasteiger partial charge is 0.0277 e. The van der Waals surface area contributed by atoms with Gasteiger partial charge in [0.1, 0.15) is 0 Å². The summed E-state index contributed by atoms with van der Waals surface area (Å²) in [7, 11) is 1.74. The molecule has 0 aromatic rings. The number of allylic oxidation sites excluding steroid dienone is 3. The van der Waals surface area contributed by atoms with Gasteiger partial charge >= 0.3 is 0 Å². The molecular formula is C7H11N.